The van der Waals surface area contributed by atoms with E-state index in [0.29, 0.717) is 12.4 Å². The Kier molecular flexibility index (Phi) is 4.99. The molecule has 0 aliphatic carbocycles. The topological polar surface area (TPSA) is 47.4 Å². The van der Waals surface area contributed by atoms with Crippen molar-refractivity contribution in [2.75, 3.05) is 13.7 Å². The summed E-state index contributed by atoms with van der Waals surface area (Å²) in [6, 6.07) is 10.3. The number of aromatic nitrogens is 2. The molecule has 6 heteroatoms. The van der Waals surface area contributed by atoms with Gasteiger partial charge in [-0.1, -0.05) is 6.07 Å². The summed E-state index contributed by atoms with van der Waals surface area (Å²) in [5.74, 6) is 1.36. The predicted molar refractivity (Wildman–Crippen MR) is 118 cm³/mol. The lowest BCUT2D eigenvalue weighted by molar-refractivity contribution is 0.0638. The number of aryl methyl sites for hydroxylation is 1. The molecule has 4 rings (SSSR count). The van der Waals surface area contributed by atoms with Crippen LogP contribution in [-0.2, 0) is 13.0 Å². The van der Waals surface area contributed by atoms with Gasteiger partial charge in [0, 0.05) is 24.7 Å². The van der Waals surface area contributed by atoms with Crippen LogP contribution in [0.5, 0.6) is 5.75 Å². The van der Waals surface area contributed by atoms with Crippen LogP contribution < -0.4 is 4.74 Å². The number of benzene rings is 1. The zero-order chi connectivity index (χ0) is 20.8. The smallest absolute Gasteiger partial charge is 0.290 e. The maximum absolute atomic E-state index is 13.3. The summed E-state index contributed by atoms with van der Waals surface area (Å²) in [5, 5.41) is 2.05. The maximum Gasteiger partial charge on any atom is 0.290 e. The normalized spacial score (nSPS) is 13.0. The van der Waals surface area contributed by atoms with Gasteiger partial charge in [0.1, 0.15) is 11.4 Å². The third kappa shape index (κ3) is 3.46. The van der Waals surface area contributed by atoms with E-state index in [9.17, 15) is 4.79 Å². The van der Waals surface area contributed by atoms with Gasteiger partial charge < -0.3 is 14.2 Å². The molecule has 0 bridgehead atoms. The van der Waals surface area contributed by atoms with Crippen LogP contribution in [0.2, 0.25) is 0 Å². The first-order valence-electron chi connectivity index (χ1n) is 10.00. The number of rotatable bonds is 4. The summed E-state index contributed by atoms with van der Waals surface area (Å²) in [4.78, 5) is 21.0. The Morgan fingerprint density at radius 2 is 2.10 bits per heavy atom. The second-order valence-electron chi connectivity index (χ2n) is 8.30. The molecule has 0 saturated carbocycles. The van der Waals surface area contributed by atoms with Crippen molar-refractivity contribution in [3.63, 3.8) is 0 Å². The van der Waals surface area contributed by atoms with Crippen molar-refractivity contribution in [1.29, 1.82) is 0 Å². The molecule has 0 saturated heterocycles. The number of thiophene rings is 1. The number of hydrogen-bond donors (Lipinski definition) is 0. The lowest BCUT2D eigenvalue weighted by Crippen LogP contribution is -2.43. The molecule has 1 aliphatic heterocycles. The van der Waals surface area contributed by atoms with Crippen LogP contribution >= 0.6 is 11.3 Å². The highest BCUT2D eigenvalue weighted by atomic mass is 32.1. The Morgan fingerprint density at radius 3 is 2.76 bits per heavy atom. The molecular weight excluding hydrogens is 382 g/mol. The van der Waals surface area contributed by atoms with Gasteiger partial charge in [0.2, 0.25) is 0 Å². The molecular formula is C23H27N3O2S. The largest absolute Gasteiger partial charge is 0.494 e. The van der Waals surface area contributed by atoms with Crippen LogP contribution in [-0.4, -0.2) is 39.6 Å². The van der Waals surface area contributed by atoms with E-state index in [2.05, 4.69) is 22.8 Å². The third-order valence-electron chi connectivity index (χ3n) is 5.47. The zero-order valence-electron chi connectivity index (χ0n) is 17.7. The summed E-state index contributed by atoms with van der Waals surface area (Å²) in [7, 11) is 1.85. The van der Waals surface area contributed by atoms with Crippen molar-refractivity contribution in [3.8, 4) is 27.6 Å². The average Bonchev–Trinajstić information content (AvgIpc) is 3.33. The van der Waals surface area contributed by atoms with Crippen LogP contribution in [0.1, 0.15) is 43.9 Å². The molecule has 29 heavy (non-hydrogen) atoms. The van der Waals surface area contributed by atoms with Crippen LogP contribution in [0.4, 0.5) is 0 Å². The Bertz CT molecular complexity index is 1050. The third-order valence-corrected chi connectivity index (χ3v) is 6.35. The van der Waals surface area contributed by atoms with Crippen molar-refractivity contribution < 1.29 is 9.53 Å². The summed E-state index contributed by atoms with van der Waals surface area (Å²) >= 11 is 1.65. The van der Waals surface area contributed by atoms with Crippen molar-refractivity contribution in [2.45, 2.75) is 46.2 Å². The molecule has 1 aromatic carbocycles. The highest BCUT2D eigenvalue weighted by molar-refractivity contribution is 7.13. The van der Waals surface area contributed by atoms with Crippen LogP contribution in [0.15, 0.2) is 35.7 Å². The van der Waals surface area contributed by atoms with Gasteiger partial charge in [-0.05, 0) is 69.3 Å². The van der Waals surface area contributed by atoms with Gasteiger partial charge in [0.15, 0.2) is 5.82 Å². The lowest BCUT2D eigenvalue weighted by atomic mass is 9.96. The minimum atomic E-state index is -0.272. The Morgan fingerprint density at radius 1 is 1.31 bits per heavy atom. The first-order chi connectivity index (χ1) is 13.8. The van der Waals surface area contributed by atoms with E-state index < -0.39 is 0 Å². The van der Waals surface area contributed by atoms with Gasteiger partial charge in [-0.2, -0.15) is 0 Å². The van der Waals surface area contributed by atoms with Gasteiger partial charge in [-0.25, -0.2) is 4.98 Å². The second-order valence-corrected chi connectivity index (χ2v) is 9.25. The van der Waals surface area contributed by atoms with Gasteiger partial charge in [0.05, 0.1) is 17.2 Å². The van der Waals surface area contributed by atoms with E-state index in [-0.39, 0.29) is 11.4 Å². The number of carbonyl (C=O) groups is 1. The average molecular weight is 410 g/mol. The SMILES string of the molecule is CCOc1ccc2c(c1)CCn1c(C(=O)N(C)C(C)(C)C)nc(-c3cccs3)c1-2. The van der Waals surface area contributed by atoms with Crippen molar-refractivity contribution in [3.05, 3.63) is 47.1 Å². The fourth-order valence-corrected chi connectivity index (χ4v) is 4.36. The van der Waals surface area contributed by atoms with E-state index in [1.54, 1.807) is 16.2 Å². The second kappa shape index (κ2) is 7.34. The molecule has 0 spiro atoms. The Hall–Kier alpha value is -2.60. The minimum Gasteiger partial charge on any atom is -0.494 e. The Labute approximate surface area is 176 Å². The molecule has 3 aromatic rings. The zero-order valence-corrected chi connectivity index (χ0v) is 18.5. The highest BCUT2D eigenvalue weighted by Crippen LogP contribution is 2.41. The van der Waals surface area contributed by atoms with Crippen molar-refractivity contribution in [2.24, 2.45) is 0 Å². The lowest BCUT2D eigenvalue weighted by Gasteiger charge is -2.32. The summed E-state index contributed by atoms with van der Waals surface area (Å²) < 4.78 is 7.79. The van der Waals surface area contributed by atoms with Gasteiger partial charge in [0.25, 0.3) is 5.91 Å². The van der Waals surface area contributed by atoms with E-state index >= 15 is 0 Å². The molecule has 1 amide bonds. The van der Waals surface area contributed by atoms with Crippen LogP contribution in [0.25, 0.3) is 21.8 Å². The van der Waals surface area contributed by atoms with E-state index in [1.165, 1.54) is 5.56 Å². The van der Waals surface area contributed by atoms with Gasteiger partial charge in [-0.15, -0.1) is 11.3 Å². The number of nitrogens with zero attached hydrogens (tertiary/aromatic N) is 3. The standard InChI is InChI=1S/C23H27N3O2S/c1-6-28-16-9-10-17-15(14-16)11-12-26-20(17)19(18-8-7-13-29-18)24-21(26)22(27)25(5)23(2,3)4/h7-10,13-14H,6,11-12H2,1-5H3. The first kappa shape index (κ1) is 19.7. The summed E-state index contributed by atoms with van der Waals surface area (Å²) in [6.45, 7) is 9.48. The molecule has 1 aliphatic rings. The van der Waals surface area contributed by atoms with E-state index in [4.69, 9.17) is 9.72 Å². The summed E-state index contributed by atoms with van der Waals surface area (Å²) in [5.41, 5.74) is 4.02. The maximum atomic E-state index is 13.3. The Balaban J connectivity index is 1.89. The van der Waals surface area contributed by atoms with Crippen molar-refractivity contribution in [1.82, 2.24) is 14.5 Å². The number of amides is 1. The predicted octanol–water partition coefficient (Wildman–Crippen LogP) is 5.10. The number of carbonyl (C=O) groups excluding carboxylic acids is 1. The fraction of sp³-hybridized carbons (Fsp3) is 0.391. The van der Waals surface area contributed by atoms with E-state index in [1.807, 2.05) is 52.3 Å². The van der Waals surface area contributed by atoms with Crippen LogP contribution in [0.3, 0.4) is 0 Å². The molecule has 3 heterocycles. The van der Waals surface area contributed by atoms with Gasteiger partial charge in [-0.3, -0.25) is 4.79 Å². The molecule has 0 N–H and O–H groups in total. The molecule has 152 valence electrons. The van der Waals surface area contributed by atoms with Crippen LogP contribution in [0, 0.1) is 0 Å². The first-order valence-corrected chi connectivity index (χ1v) is 10.9. The molecule has 0 radical (unpaired) electrons. The molecule has 0 fully saturated rings. The molecule has 5 nitrogen and oxygen atoms in total. The number of fused-ring (bicyclic) bond motifs is 3. The number of ether oxygens (including phenoxy) is 1. The summed E-state index contributed by atoms with van der Waals surface area (Å²) in [6.07, 6.45) is 0.850. The number of hydrogen-bond acceptors (Lipinski definition) is 4. The molecule has 0 atom stereocenters. The van der Waals surface area contributed by atoms with Crippen molar-refractivity contribution >= 4 is 17.2 Å². The van der Waals surface area contributed by atoms with Gasteiger partial charge >= 0.3 is 0 Å². The fourth-order valence-electron chi connectivity index (χ4n) is 3.64. The number of imidazole rings is 1. The molecule has 0 unspecified atom stereocenters. The minimum absolute atomic E-state index is 0.0454. The molecule has 2 aromatic heterocycles. The van der Waals surface area contributed by atoms with E-state index in [0.717, 1.165) is 40.5 Å². The monoisotopic (exact) mass is 409 g/mol. The quantitative estimate of drug-likeness (QED) is 0.602. The highest BCUT2D eigenvalue weighted by Gasteiger charge is 2.32.